The van der Waals surface area contributed by atoms with Crippen LogP contribution in [0.1, 0.15) is 48.4 Å². The molecule has 0 fully saturated rings. The molecule has 0 saturated heterocycles. The fourth-order valence-corrected chi connectivity index (χ4v) is 2.74. The molecule has 0 bridgehead atoms. The molecule has 1 heterocycles. The number of ether oxygens (including phenoxy) is 1. The highest BCUT2D eigenvalue weighted by Gasteiger charge is 2.44. The summed E-state index contributed by atoms with van der Waals surface area (Å²) in [5.41, 5.74) is 0.540. The number of carbonyl (C=O) groups excluding carboxylic acids is 4. The van der Waals surface area contributed by atoms with Crippen LogP contribution in [0.15, 0.2) is 24.3 Å². The summed E-state index contributed by atoms with van der Waals surface area (Å²) >= 11 is 0. The molecule has 0 unspecified atom stereocenters. The molecule has 1 aromatic rings. The molecule has 7 heteroatoms. The first-order chi connectivity index (χ1) is 12.2. The van der Waals surface area contributed by atoms with Crippen molar-refractivity contribution >= 4 is 23.7 Å². The van der Waals surface area contributed by atoms with Crippen molar-refractivity contribution in [1.82, 2.24) is 9.80 Å². The Hall–Kier alpha value is -2.70. The standard InChI is InChI=1S/C19H24N2O5/c1-11(2)16(19(25)26-10-15(22)20(5)12(3)4)21-17(23)13-8-6-7-9-14(13)18(21)24/h6-9,11-12,16H,10H2,1-5H3/t16-/m0/s1. The molecule has 140 valence electrons. The molecular weight excluding hydrogens is 336 g/mol. The van der Waals surface area contributed by atoms with E-state index in [-0.39, 0.29) is 29.0 Å². The van der Waals surface area contributed by atoms with Crippen LogP contribution in [0.25, 0.3) is 0 Å². The minimum Gasteiger partial charge on any atom is -0.454 e. The summed E-state index contributed by atoms with van der Waals surface area (Å²) < 4.78 is 5.13. The maximum atomic E-state index is 12.6. The van der Waals surface area contributed by atoms with Crippen molar-refractivity contribution in [3.8, 4) is 0 Å². The number of fused-ring (bicyclic) bond motifs is 1. The zero-order valence-corrected chi connectivity index (χ0v) is 15.7. The molecule has 26 heavy (non-hydrogen) atoms. The summed E-state index contributed by atoms with van der Waals surface area (Å²) in [6.07, 6.45) is 0. The predicted molar refractivity (Wildman–Crippen MR) is 94.4 cm³/mol. The van der Waals surface area contributed by atoms with Crippen molar-refractivity contribution in [2.24, 2.45) is 5.92 Å². The van der Waals surface area contributed by atoms with Crippen molar-refractivity contribution in [2.45, 2.75) is 39.8 Å². The summed E-state index contributed by atoms with van der Waals surface area (Å²) in [7, 11) is 1.62. The Kier molecular flexibility index (Phi) is 5.79. The molecule has 7 nitrogen and oxygen atoms in total. The first kappa shape index (κ1) is 19.6. The van der Waals surface area contributed by atoms with Crippen molar-refractivity contribution in [3.05, 3.63) is 35.4 Å². The normalized spacial score (nSPS) is 14.7. The highest BCUT2D eigenvalue weighted by atomic mass is 16.5. The second kappa shape index (κ2) is 7.68. The van der Waals surface area contributed by atoms with Gasteiger partial charge in [0.1, 0.15) is 6.04 Å². The van der Waals surface area contributed by atoms with Crippen LogP contribution < -0.4 is 0 Å². The average molecular weight is 360 g/mol. The summed E-state index contributed by atoms with van der Waals surface area (Å²) in [6.45, 7) is 6.69. The van der Waals surface area contributed by atoms with Crippen LogP contribution in [-0.2, 0) is 14.3 Å². The monoisotopic (exact) mass is 360 g/mol. The van der Waals surface area contributed by atoms with Gasteiger partial charge in [-0.3, -0.25) is 19.3 Å². The molecule has 1 aromatic carbocycles. The van der Waals surface area contributed by atoms with E-state index < -0.39 is 30.4 Å². The minimum atomic E-state index is -1.08. The van der Waals surface area contributed by atoms with E-state index in [9.17, 15) is 19.2 Å². The van der Waals surface area contributed by atoms with Crippen molar-refractivity contribution in [3.63, 3.8) is 0 Å². The molecular formula is C19H24N2O5. The van der Waals surface area contributed by atoms with E-state index in [1.165, 1.54) is 4.90 Å². The molecule has 0 spiro atoms. The number of hydrogen-bond acceptors (Lipinski definition) is 5. The van der Waals surface area contributed by atoms with Gasteiger partial charge in [0.05, 0.1) is 11.1 Å². The maximum absolute atomic E-state index is 12.6. The summed E-state index contributed by atoms with van der Waals surface area (Å²) in [6, 6.07) is 5.32. The van der Waals surface area contributed by atoms with Gasteiger partial charge in [0.25, 0.3) is 17.7 Å². The van der Waals surface area contributed by atoms with Crippen LogP contribution in [0, 0.1) is 5.92 Å². The van der Waals surface area contributed by atoms with E-state index in [1.54, 1.807) is 45.2 Å². The second-order valence-electron chi connectivity index (χ2n) is 6.92. The van der Waals surface area contributed by atoms with Crippen molar-refractivity contribution in [2.75, 3.05) is 13.7 Å². The number of hydrogen-bond donors (Lipinski definition) is 0. The van der Waals surface area contributed by atoms with Crippen LogP contribution in [0.4, 0.5) is 0 Å². The number of likely N-dealkylation sites (N-methyl/N-ethyl adjacent to an activating group) is 1. The Morgan fingerprint density at radius 2 is 1.54 bits per heavy atom. The van der Waals surface area contributed by atoms with Gasteiger partial charge in [-0.2, -0.15) is 0 Å². The SMILES string of the molecule is CC(C)[C@@H](C(=O)OCC(=O)N(C)C(C)C)N1C(=O)c2ccccc2C1=O. The third kappa shape index (κ3) is 3.61. The molecule has 1 aliphatic heterocycles. The van der Waals surface area contributed by atoms with Gasteiger partial charge in [-0.05, 0) is 31.9 Å². The van der Waals surface area contributed by atoms with Gasteiger partial charge in [-0.25, -0.2) is 4.79 Å². The molecule has 1 atom stereocenters. The summed E-state index contributed by atoms with van der Waals surface area (Å²) in [4.78, 5) is 52.2. The van der Waals surface area contributed by atoms with E-state index in [1.807, 2.05) is 13.8 Å². The second-order valence-corrected chi connectivity index (χ2v) is 6.92. The van der Waals surface area contributed by atoms with E-state index >= 15 is 0 Å². The van der Waals surface area contributed by atoms with Crippen molar-refractivity contribution in [1.29, 1.82) is 0 Å². The number of esters is 1. The molecule has 0 radical (unpaired) electrons. The number of imide groups is 1. The lowest BCUT2D eigenvalue weighted by Gasteiger charge is -2.28. The van der Waals surface area contributed by atoms with E-state index in [0.29, 0.717) is 0 Å². The molecule has 3 amide bonds. The van der Waals surface area contributed by atoms with Gasteiger partial charge in [0, 0.05) is 13.1 Å². The van der Waals surface area contributed by atoms with Crippen LogP contribution >= 0.6 is 0 Å². The van der Waals surface area contributed by atoms with E-state index in [0.717, 1.165) is 4.90 Å². The maximum Gasteiger partial charge on any atom is 0.330 e. The van der Waals surface area contributed by atoms with Gasteiger partial charge in [0.2, 0.25) is 0 Å². The van der Waals surface area contributed by atoms with Gasteiger partial charge < -0.3 is 9.64 Å². The summed E-state index contributed by atoms with van der Waals surface area (Å²) in [5, 5.41) is 0. The fourth-order valence-electron chi connectivity index (χ4n) is 2.74. The van der Waals surface area contributed by atoms with E-state index in [4.69, 9.17) is 4.74 Å². The minimum absolute atomic E-state index is 0.0293. The van der Waals surface area contributed by atoms with Gasteiger partial charge in [-0.15, -0.1) is 0 Å². The average Bonchev–Trinajstić information content (AvgIpc) is 2.84. The Bertz CT molecular complexity index is 706. The number of amides is 3. The molecule has 0 N–H and O–H groups in total. The largest absolute Gasteiger partial charge is 0.454 e. The number of rotatable bonds is 6. The number of benzene rings is 1. The quantitative estimate of drug-likeness (QED) is 0.570. The topological polar surface area (TPSA) is 84.0 Å². The Balaban J connectivity index is 2.17. The Morgan fingerprint density at radius 3 is 1.96 bits per heavy atom. The zero-order chi connectivity index (χ0) is 19.6. The van der Waals surface area contributed by atoms with Gasteiger partial charge in [-0.1, -0.05) is 26.0 Å². The Morgan fingerprint density at radius 1 is 1.04 bits per heavy atom. The third-order valence-corrected chi connectivity index (χ3v) is 4.48. The lowest BCUT2D eigenvalue weighted by molar-refractivity contribution is -0.156. The number of carbonyl (C=O) groups is 4. The fraction of sp³-hybridized carbons (Fsp3) is 0.474. The highest BCUT2D eigenvalue weighted by molar-refractivity contribution is 6.22. The zero-order valence-electron chi connectivity index (χ0n) is 15.7. The lowest BCUT2D eigenvalue weighted by atomic mass is 10.0. The highest BCUT2D eigenvalue weighted by Crippen LogP contribution is 2.27. The molecule has 2 rings (SSSR count). The van der Waals surface area contributed by atoms with Crippen LogP contribution in [-0.4, -0.2) is 59.2 Å². The molecule has 0 saturated carbocycles. The molecule has 0 aromatic heterocycles. The van der Waals surface area contributed by atoms with Gasteiger partial charge in [0.15, 0.2) is 6.61 Å². The number of nitrogens with zero attached hydrogens (tertiary/aromatic N) is 2. The lowest BCUT2D eigenvalue weighted by Crippen LogP contribution is -2.49. The first-order valence-corrected chi connectivity index (χ1v) is 8.56. The van der Waals surface area contributed by atoms with Crippen molar-refractivity contribution < 1.29 is 23.9 Å². The van der Waals surface area contributed by atoms with Crippen LogP contribution in [0.5, 0.6) is 0 Å². The van der Waals surface area contributed by atoms with Gasteiger partial charge >= 0.3 is 5.97 Å². The predicted octanol–water partition coefficient (Wildman–Crippen LogP) is 1.72. The summed E-state index contributed by atoms with van der Waals surface area (Å²) in [5.74, 6) is -2.51. The third-order valence-electron chi connectivity index (χ3n) is 4.48. The first-order valence-electron chi connectivity index (χ1n) is 8.56. The van der Waals surface area contributed by atoms with Crippen LogP contribution in [0.3, 0.4) is 0 Å². The molecule has 0 aliphatic carbocycles. The smallest absolute Gasteiger partial charge is 0.330 e. The molecule has 1 aliphatic rings. The van der Waals surface area contributed by atoms with E-state index in [2.05, 4.69) is 0 Å². The van der Waals surface area contributed by atoms with Crippen LogP contribution in [0.2, 0.25) is 0 Å². The Labute approximate surface area is 152 Å².